The zero-order valence-electron chi connectivity index (χ0n) is 25.5. The molecular formula is C42H33N3. The lowest BCUT2D eigenvalue weighted by Gasteiger charge is -2.30. The smallest absolute Gasteiger partial charge is 0.164 e. The first-order valence-corrected chi connectivity index (χ1v) is 15.8. The van der Waals surface area contributed by atoms with Crippen molar-refractivity contribution in [2.75, 3.05) is 0 Å². The van der Waals surface area contributed by atoms with E-state index in [0.29, 0.717) is 17.5 Å². The van der Waals surface area contributed by atoms with Gasteiger partial charge >= 0.3 is 0 Å². The van der Waals surface area contributed by atoms with E-state index in [1.807, 2.05) is 24.3 Å². The van der Waals surface area contributed by atoms with Crippen molar-refractivity contribution in [3.05, 3.63) is 151 Å². The molecule has 0 atom stereocenters. The van der Waals surface area contributed by atoms with Gasteiger partial charge in [-0.1, -0.05) is 153 Å². The molecule has 0 N–H and O–H groups in total. The van der Waals surface area contributed by atoms with Gasteiger partial charge in [-0.25, -0.2) is 15.0 Å². The van der Waals surface area contributed by atoms with Crippen LogP contribution in [0.1, 0.15) is 37.8 Å². The van der Waals surface area contributed by atoms with Gasteiger partial charge in [-0.2, -0.15) is 0 Å². The second-order valence-electron chi connectivity index (χ2n) is 11.8. The Morgan fingerprint density at radius 3 is 1.69 bits per heavy atom. The number of hydrogen-bond donors (Lipinski definition) is 0. The van der Waals surface area contributed by atoms with Crippen molar-refractivity contribution in [1.82, 2.24) is 15.0 Å². The molecule has 0 spiro atoms. The monoisotopic (exact) mass is 579 g/mol. The fourth-order valence-corrected chi connectivity index (χ4v) is 7.33. The zero-order valence-corrected chi connectivity index (χ0v) is 25.5. The Morgan fingerprint density at radius 1 is 0.444 bits per heavy atom. The zero-order chi connectivity index (χ0) is 30.4. The molecule has 0 amide bonds. The van der Waals surface area contributed by atoms with Crippen molar-refractivity contribution in [2.45, 2.75) is 32.1 Å². The number of fused-ring (bicyclic) bond motifs is 5. The molecule has 0 fully saturated rings. The fraction of sp³-hybridized carbons (Fsp3) is 0.119. The summed E-state index contributed by atoms with van der Waals surface area (Å²) < 4.78 is 0. The molecule has 0 saturated heterocycles. The Balaban J connectivity index is 1.35. The highest BCUT2D eigenvalue weighted by Gasteiger charge is 2.43. The molecule has 8 rings (SSSR count). The number of hydrogen-bond acceptors (Lipinski definition) is 3. The highest BCUT2D eigenvalue weighted by atomic mass is 15.0. The maximum Gasteiger partial charge on any atom is 0.164 e. The van der Waals surface area contributed by atoms with E-state index < -0.39 is 0 Å². The lowest BCUT2D eigenvalue weighted by atomic mass is 9.72. The van der Waals surface area contributed by atoms with Crippen LogP contribution in [0.3, 0.4) is 0 Å². The van der Waals surface area contributed by atoms with E-state index in [4.69, 9.17) is 15.0 Å². The van der Waals surface area contributed by atoms with Crippen LogP contribution in [-0.2, 0) is 5.41 Å². The number of aromatic nitrogens is 3. The van der Waals surface area contributed by atoms with Crippen molar-refractivity contribution >= 4 is 10.8 Å². The summed E-state index contributed by atoms with van der Waals surface area (Å²) in [5.74, 6) is 2.05. The van der Waals surface area contributed by atoms with Crippen LogP contribution in [-0.4, -0.2) is 15.0 Å². The molecule has 7 aromatic rings. The van der Waals surface area contributed by atoms with Gasteiger partial charge in [0.2, 0.25) is 0 Å². The van der Waals surface area contributed by atoms with E-state index in [9.17, 15) is 0 Å². The van der Waals surface area contributed by atoms with E-state index in [1.54, 1.807) is 0 Å². The SMILES string of the molecule is CCC1(CC)c2cccc(-c3nc(-c4ccccc4)nc(-c4ccc(-c5ccccc5)cc4)n3)c2-c2ccc3ccccc3c21. The average molecular weight is 580 g/mol. The van der Waals surface area contributed by atoms with E-state index in [-0.39, 0.29) is 5.41 Å². The van der Waals surface area contributed by atoms with E-state index in [2.05, 4.69) is 129 Å². The summed E-state index contributed by atoms with van der Waals surface area (Å²) in [5.41, 5.74) is 10.6. The molecule has 0 saturated carbocycles. The second-order valence-corrected chi connectivity index (χ2v) is 11.8. The van der Waals surface area contributed by atoms with Gasteiger partial charge in [0.25, 0.3) is 0 Å². The summed E-state index contributed by atoms with van der Waals surface area (Å²) in [6.07, 6.45) is 2.04. The Labute approximate surface area is 264 Å². The van der Waals surface area contributed by atoms with E-state index >= 15 is 0 Å². The Kier molecular flexibility index (Phi) is 6.60. The molecular weight excluding hydrogens is 546 g/mol. The van der Waals surface area contributed by atoms with Gasteiger partial charge < -0.3 is 0 Å². The summed E-state index contributed by atoms with van der Waals surface area (Å²) in [6, 6.07) is 49.3. The van der Waals surface area contributed by atoms with Crippen LogP contribution in [0.4, 0.5) is 0 Å². The summed E-state index contributed by atoms with van der Waals surface area (Å²) in [7, 11) is 0. The topological polar surface area (TPSA) is 38.7 Å². The van der Waals surface area contributed by atoms with Crippen LogP contribution < -0.4 is 0 Å². The van der Waals surface area contributed by atoms with Crippen molar-refractivity contribution in [3.63, 3.8) is 0 Å². The first-order chi connectivity index (χ1) is 22.2. The molecule has 3 nitrogen and oxygen atoms in total. The quantitative estimate of drug-likeness (QED) is 0.197. The van der Waals surface area contributed by atoms with Gasteiger partial charge in [0.05, 0.1) is 0 Å². The molecule has 3 heteroatoms. The van der Waals surface area contributed by atoms with Gasteiger partial charge in [-0.05, 0) is 57.0 Å². The fourth-order valence-electron chi connectivity index (χ4n) is 7.33. The molecule has 1 heterocycles. The third-order valence-electron chi connectivity index (χ3n) is 9.62. The maximum atomic E-state index is 5.19. The van der Waals surface area contributed by atoms with Crippen molar-refractivity contribution < 1.29 is 0 Å². The highest BCUT2D eigenvalue weighted by molar-refractivity contribution is 6.01. The average Bonchev–Trinajstić information content (AvgIpc) is 3.43. The molecule has 0 unspecified atom stereocenters. The maximum absolute atomic E-state index is 5.19. The van der Waals surface area contributed by atoms with Crippen LogP contribution >= 0.6 is 0 Å². The number of rotatable bonds is 6. The molecule has 1 aromatic heterocycles. The van der Waals surface area contributed by atoms with Crippen molar-refractivity contribution in [3.8, 4) is 56.4 Å². The minimum atomic E-state index is -0.0765. The third kappa shape index (κ3) is 4.38. The Hall–Kier alpha value is -5.41. The predicted octanol–water partition coefficient (Wildman–Crippen LogP) is 10.8. The van der Waals surface area contributed by atoms with Crippen LogP contribution in [0.2, 0.25) is 0 Å². The molecule has 0 radical (unpaired) electrons. The van der Waals surface area contributed by atoms with Gasteiger partial charge in [0.15, 0.2) is 17.5 Å². The van der Waals surface area contributed by atoms with Crippen LogP contribution in [0.25, 0.3) is 67.2 Å². The van der Waals surface area contributed by atoms with Crippen LogP contribution in [0, 0.1) is 0 Å². The summed E-state index contributed by atoms with van der Waals surface area (Å²) in [5, 5.41) is 2.62. The minimum absolute atomic E-state index is 0.0765. The molecule has 1 aliphatic carbocycles. The number of benzene rings is 6. The number of nitrogens with zero attached hydrogens (tertiary/aromatic N) is 3. The van der Waals surface area contributed by atoms with Gasteiger partial charge in [-0.3, -0.25) is 0 Å². The highest BCUT2D eigenvalue weighted by Crippen LogP contribution is 2.57. The van der Waals surface area contributed by atoms with Crippen molar-refractivity contribution in [2.24, 2.45) is 0 Å². The van der Waals surface area contributed by atoms with E-state index in [0.717, 1.165) is 35.1 Å². The summed E-state index contributed by atoms with van der Waals surface area (Å²) in [4.78, 5) is 15.4. The van der Waals surface area contributed by atoms with Crippen LogP contribution in [0.15, 0.2) is 140 Å². The normalized spacial score (nSPS) is 13.0. The standard InChI is InChI=1S/C42H33N3/c1-3-42(4-2)36-21-13-20-35(37(36)34-27-26-30-16-11-12-19-33(30)38(34)42)41-44-39(31-17-9-6-10-18-31)43-40(45-41)32-24-22-29(23-25-32)28-14-7-5-8-15-28/h5-27H,3-4H2,1-2H3. The molecule has 0 bridgehead atoms. The first kappa shape index (κ1) is 27.2. The second kappa shape index (κ2) is 10.9. The predicted molar refractivity (Wildman–Crippen MR) is 186 cm³/mol. The lowest BCUT2D eigenvalue weighted by molar-refractivity contribution is 0.494. The summed E-state index contributed by atoms with van der Waals surface area (Å²) >= 11 is 0. The third-order valence-corrected chi connectivity index (χ3v) is 9.62. The Morgan fingerprint density at radius 2 is 1.00 bits per heavy atom. The molecule has 1 aliphatic rings. The van der Waals surface area contributed by atoms with Gasteiger partial charge in [0, 0.05) is 22.1 Å². The molecule has 0 aliphatic heterocycles. The Bertz CT molecular complexity index is 2160. The van der Waals surface area contributed by atoms with Gasteiger partial charge in [-0.15, -0.1) is 0 Å². The van der Waals surface area contributed by atoms with Crippen molar-refractivity contribution in [1.29, 1.82) is 0 Å². The largest absolute Gasteiger partial charge is 0.208 e. The van der Waals surface area contributed by atoms with Crippen LogP contribution in [0.5, 0.6) is 0 Å². The lowest BCUT2D eigenvalue weighted by Crippen LogP contribution is -2.23. The van der Waals surface area contributed by atoms with E-state index in [1.165, 1.54) is 38.6 Å². The molecule has 45 heavy (non-hydrogen) atoms. The first-order valence-electron chi connectivity index (χ1n) is 15.8. The summed E-state index contributed by atoms with van der Waals surface area (Å²) in [6.45, 7) is 4.65. The minimum Gasteiger partial charge on any atom is -0.208 e. The molecule has 216 valence electrons. The molecule has 6 aromatic carbocycles. The van der Waals surface area contributed by atoms with Gasteiger partial charge in [0.1, 0.15) is 0 Å².